The van der Waals surface area contributed by atoms with E-state index in [1.54, 1.807) is 29.6 Å². The second-order valence-corrected chi connectivity index (χ2v) is 11.5. The fourth-order valence-electron chi connectivity index (χ4n) is 3.72. The van der Waals surface area contributed by atoms with Gasteiger partial charge in [-0.05, 0) is 55.3 Å². The number of nitrogens with zero attached hydrogens (tertiary/aromatic N) is 2. The van der Waals surface area contributed by atoms with Crippen molar-refractivity contribution in [3.05, 3.63) is 47.8 Å². The van der Waals surface area contributed by atoms with E-state index in [0.717, 1.165) is 48.2 Å². The highest BCUT2D eigenvalue weighted by Crippen LogP contribution is 2.36. The first kappa shape index (κ1) is 34.8. The Hall–Kier alpha value is -3.68. The van der Waals surface area contributed by atoms with Gasteiger partial charge in [0.05, 0.1) is 16.3 Å². The van der Waals surface area contributed by atoms with Crippen LogP contribution in [0.4, 0.5) is 41.6 Å². The smallest absolute Gasteiger partial charge is 0.492 e. The summed E-state index contributed by atoms with van der Waals surface area (Å²) in [7, 11) is -4.16. The molecule has 0 spiro atoms. The number of halogens is 7. The molecule has 0 unspecified atom stereocenters. The van der Waals surface area contributed by atoms with Gasteiger partial charge in [0.25, 0.3) is 0 Å². The van der Waals surface area contributed by atoms with Crippen LogP contribution in [0.5, 0.6) is 11.5 Å². The Morgan fingerprint density at radius 3 is 2.25 bits per heavy atom. The molecular formula is C25H25F7N4O6S2. The van der Waals surface area contributed by atoms with Gasteiger partial charge in [-0.1, -0.05) is 0 Å². The average molecular weight is 675 g/mol. The SMILES string of the molecule is NS(=O)(=O)c1ccc(OC(F)(F)F)c(Nc2nc(-c3ccc(OCCN4CCC(F)CC4)cc3)cs2)c1.O=C(O)C(F)(F)F. The number of carboxylic acid groups (broad SMARTS) is 1. The van der Waals surface area contributed by atoms with Crippen LogP contribution in [-0.2, 0) is 14.8 Å². The summed E-state index contributed by atoms with van der Waals surface area (Å²) in [6, 6.07) is 9.88. The van der Waals surface area contributed by atoms with Crippen molar-refractivity contribution in [3.63, 3.8) is 0 Å². The van der Waals surface area contributed by atoms with E-state index in [9.17, 15) is 39.2 Å². The zero-order valence-corrected chi connectivity index (χ0v) is 24.0. The molecule has 2 aromatic carbocycles. The summed E-state index contributed by atoms with van der Waals surface area (Å²) < 4.78 is 116. The lowest BCUT2D eigenvalue weighted by Gasteiger charge is -2.28. The van der Waals surface area contributed by atoms with Gasteiger partial charge in [-0.2, -0.15) is 13.2 Å². The highest BCUT2D eigenvalue weighted by molar-refractivity contribution is 7.89. The Morgan fingerprint density at radius 2 is 1.70 bits per heavy atom. The number of carboxylic acids is 1. The normalized spacial score (nSPS) is 14.8. The molecule has 1 aromatic heterocycles. The fraction of sp³-hybridized carbons (Fsp3) is 0.360. The number of nitrogens with one attached hydrogen (secondary N) is 1. The number of sulfonamides is 1. The Bertz CT molecular complexity index is 1510. The van der Waals surface area contributed by atoms with Gasteiger partial charge >= 0.3 is 18.5 Å². The Labute approximate surface area is 250 Å². The summed E-state index contributed by atoms with van der Waals surface area (Å²) in [6.07, 6.45) is -9.68. The fourth-order valence-corrected chi connectivity index (χ4v) is 4.99. The number of primary sulfonamides is 1. The molecule has 19 heteroatoms. The number of thiazole rings is 1. The number of hydrogen-bond donors (Lipinski definition) is 3. The van der Waals surface area contributed by atoms with Crippen molar-refractivity contribution >= 4 is 38.1 Å². The second-order valence-electron chi connectivity index (χ2n) is 9.11. The average Bonchev–Trinajstić information content (AvgIpc) is 3.38. The van der Waals surface area contributed by atoms with E-state index in [1.807, 2.05) is 0 Å². The number of ether oxygens (including phenoxy) is 2. The largest absolute Gasteiger partial charge is 0.573 e. The Kier molecular flexibility index (Phi) is 11.4. The number of rotatable bonds is 9. The molecular weight excluding hydrogens is 649 g/mol. The van der Waals surface area contributed by atoms with E-state index in [-0.39, 0.29) is 15.7 Å². The molecule has 4 N–H and O–H groups in total. The van der Waals surface area contributed by atoms with Crippen LogP contribution >= 0.6 is 11.3 Å². The minimum atomic E-state index is -5.08. The number of carbonyl (C=O) groups is 1. The van der Waals surface area contributed by atoms with Crippen molar-refractivity contribution in [1.82, 2.24) is 9.88 Å². The molecule has 0 aliphatic carbocycles. The molecule has 1 aliphatic heterocycles. The van der Waals surface area contributed by atoms with E-state index >= 15 is 0 Å². The number of hydrogen-bond acceptors (Lipinski definition) is 9. The van der Waals surface area contributed by atoms with Crippen LogP contribution in [0.15, 0.2) is 52.7 Å². The quantitative estimate of drug-likeness (QED) is 0.249. The maximum absolute atomic E-state index is 13.2. The van der Waals surface area contributed by atoms with Gasteiger partial charge in [0.2, 0.25) is 10.0 Å². The summed E-state index contributed by atoms with van der Waals surface area (Å²) in [6.45, 7) is 2.63. The number of alkyl halides is 7. The highest BCUT2D eigenvalue weighted by atomic mass is 32.2. The number of likely N-dealkylation sites (tertiary alicyclic amines) is 1. The molecule has 44 heavy (non-hydrogen) atoms. The van der Waals surface area contributed by atoms with Gasteiger partial charge in [0.1, 0.15) is 18.5 Å². The minimum Gasteiger partial charge on any atom is -0.492 e. The van der Waals surface area contributed by atoms with Gasteiger partial charge in [0.15, 0.2) is 10.9 Å². The van der Waals surface area contributed by atoms with Crippen molar-refractivity contribution in [1.29, 1.82) is 0 Å². The van der Waals surface area contributed by atoms with Gasteiger partial charge in [-0.3, -0.25) is 4.90 Å². The van der Waals surface area contributed by atoms with Crippen LogP contribution in [0.1, 0.15) is 12.8 Å². The predicted octanol–water partition coefficient (Wildman–Crippen LogP) is 5.55. The van der Waals surface area contributed by atoms with Crippen molar-refractivity contribution in [2.45, 2.75) is 36.4 Å². The molecule has 242 valence electrons. The lowest BCUT2D eigenvalue weighted by atomic mass is 10.1. The number of nitrogens with two attached hydrogens (primary N) is 1. The molecule has 4 rings (SSSR count). The monoisotopic (exact) mass is 674 g/mol. The van der Waals surface area contributed by atoms with Crippen molar-refractivity contribution < 1.29 is 58.5 Å². The van der Waals surface area contributed by atoms with Gasteiger partial charge < -0.3 is 19.9 Å². The van der Waals surface area contributed by atoms with E-state index in [1.165, 1.54) is 0 Å². The molecule has 0 atom stereocenters. The molecule has 1 saturated heterocycles. The first-order valence-corrected chi connectivity index (χ1v) is 14.9. The standard InChI is InChI=1S/C23H24F4N4O4S2.C2HF3O2/c24-16-7-9-31(10-8-16)11-12-34-17-3-1-15(2-4-17)20-14-36-22(30-20)29-19-13-18(37(28,32)33)5-6-21(19)35-23(25,26)27;3-2(4,5)1(6)7/h1-6,13-14,16H,7-12H2,(H,29,30)(H2,28,32,33);(H,6,7). The third-order valence-corrected chi connectivity index (χ3v) is 7.51. The maximum Gasteiger partial charge on any atom is 0.573 e. The van der Waals surface area contributed by atoms with Crippen LogP contribution in [0, 0.1) is 0 Å². The molecule has 2 heterocycles. The van der Waals surface area contributed by atoms with Crippen LogP contribution < -0.4 is 19.9 Å². The summed E-state index contributed by atoms with van der Waals surface area (Å²) in [4.78, 5) is 15.1. The van der Waals surface area contributed by atoms with Crippen LogP contribution in [0.25, 0.3) is 11.3 Å². The summed E-state index contributed by atoms with van der Waals surface area (Å²) >= 11 is 1.11. The molecule has 0 amide bonds. The van der Waals surface area contributed by atoms with E-state index in [2.05, 4.69) is 19.9 Å². The Balaban J connectivity index is 0.000000676. The number of aromatic nitrogens is 1. The highest BCUT2D eigenvalue weighted by Gasteiger charge is 2.38. The lowest BCUT2D eigenvalue weighted by molar-refractivity contribution is -0.274. The molecule has 0 saturated carbocycles. The third kappa shape index (κ3) is 11.1. The molecule has 10 nitrogen and oxygen atoms in total. The Morgan fingerprint density at radius 1 is 1.09 bits per heavy atom. The van der Waals surface area contributed by atoms with Crippen molar-refractivity contribution in [2.24, 2.45) is 5.14 Å². The summed E-state index contributed by atoms with van der Waals surface area (Å²) in [5, 5.41) is 16.8. The first-order chi connectivity index (χ1) is 20.4. The van der Waals surface area contributed by atoms with Gasteiger partial charge in [0, 0.05) is 30.6 Å². The van der Waals surface area contributed by atoms with Crippen molar-refractivity contribution in [3.8, 4) is 22.8 Å². The van der Waals surface area contributed by atoms with Gasteiger partial charge in [-0.15, -0.1) is 24.5 Å². The van der Waals surface area contributed by atoms with E-state index < -0.39 is 40.5 Å². The number of piperidine rings is 1. The lowest BCUT2D eigenvalue weighted by Crippen LogP contribution is -2.37. The molecule has 0 radical (unpaired) electrons. The number of benzene rings is 2. The zero-order valence-electron chi connectivity index (χ0n) is 22.4. The van der Waals surface area contributed by atoms with E-state index in [0.29, 0.717) is 37.4 Å². The molecule has 1 fully saturated rings. The third-order valence-electron chi connectivity index (χ3n) is 5.84. The van der Waals surface area contributed by atoms with Crippen LogP contribution in [0.2, 0.25) is 0 Å². The summed E-state index contributed by atoms with van der Waals surface area (Å²) in [5.41, 5.74) is 1.03. The van der Waals surface area contributed by atoms with E-state index in [4.69, 9.17) is 19.8 Å². The topological polar surface area (TPSA) is 144 Å². The zero-order chi connectivity index (χ0) is 32.7. The molecule has 1 aliphatic rings. The van der Waals surface area contributed by atoms with Gasteiger partial charge in [-0.25, -0.2) is 27.7 Å². The summed E-state index contributed by atoms with van der Waals surface area (Å²) in [5.74, 6) is -2.73. The van der Waals surface area contributed by atoms with Crippen LogP contribution in [-0.4, -0.2) is 74.3 Å². The number of anilines is 2. The predicted molar refractivity (Wildman–Crippen MR) is 145 cm³/mol. The maximum atomic E-state index is 13.2. The number of aliphatic carboxylic acids is 1. The van der Waals surface area contributed by atoms with Crippen molar-refractivity contribution in [2.75, 3.05) is 31.6 Å². The first-order valence-electron chi connectivity index (χ1n) is 12.5. The molecule has 3 aromatic rings. The molecule has 0 bridgehead atoms. The second kappa shape index (κ2) is 14.4. The minimum absolute atomic E-state index is 0.214. The van der Waals surface area contributed by atoms with Crippen LogP contribution in [0.3, 0.4) is 0 Å².